The molecule has 0 aliphatic rings. The Bertz CT molecular complexity index is 1200. The lowest BCUT2D eigenvalue weighted by Crippen LogP contribution is -2.41. The Kier molecular flexibility index (Phi) is 6.88. The number of carbonyl (C=O) groups excluding carboxylic acids is 2. The lowest BCUT2D eigenvalue weighted by molar-refractivity contribution is -0.142. The molecule has 3 aromatic rings. The molecule has 0 fully saturated rings. The van der Waals surface area contributed by atoms with Gasteiger partial charge in [0.1, 0.15) is 11.7 Å². The van der Waals surface area contributed by atoms with E-state index in [1.165, 1.54) is 7.11 Å². The predicted molar refractivity (Wildman–Crippen MR) is 115 cm³/mol. The molecule has 168 valence electrons. The van der Waals surface area contributed by atoms with Crippen molar-refractivity contribution in [3.05, 3.63) is 57.5 Å². The van der Waals surface area contributed by atoms with Gasteiger partial charge in [0, 0.05) is 18.2 Å². The molecule has 0 saturated carbocycles. The van der Waals surface area contributed by atoms with Crippen LogP contribution in [0.1, 0.15) is 34.3 Å². The molecule has 1 aromatic carbocycles. The van der Waals surface area contributed by atoms with Crippen LogP contribution in [0, 0.1) is 0 Å². The number of nitrogen functional groups attached to an aromatic ring is 1. The molecule has 1 atom stereocenters. The van der Waals surface area contributed by atoms with Crippen molar-refractivity contribution in [1.29, 1.82) is 0 Å². The topological polar surface area (TPSA) is 180 Å². The van der Waals surface area contributed by atoms with Gasteiger partial charge >= 0.3 is 11.9 Å². The summed E-state index contributed by atoms with van der Waals surface area (Å²) in [6.45, 7) is 0. The van der Waals surface area contributed by atoms with Crippen LogP contribution in [-0.2, 0) is 27.2 Å². The number of amides is 1. The number of nitrogens with zero attached hydrogens (tertiary/aromatic N) is 1. The number of methoxy groups -OCH3 is 1. The fourth-order valence-electron chi connectivity index (χ4n) is 3.28. The van der Waals surface area contributed by atoms with Crippen molar-refractivity contribution in [3.8, 4) is 0 Å². The van der Waals surface area contributed by atoms with Gasteiger partial charge in [0.2, 0.25) is 5.95 Å². The van der Waals surface area contributed by atoms with Crippen molar-refractivity contribution in [2.75, 3.05) is 12.8 Å². The Morgan fingerprint density at radius 2 is 1.94 bits per heavy atom. The Balaban J connectivity index is 1.62. The number of fused-ring (bicyclic) bond motifs is 1. The zero-order valence-electron chi connectivity index (χ0n) is 17.3. The first-order valence-electron chi connectivity index (χ1n) is 9.83. The monoisotopic (exact) mass is 441 g/mol. The van der Waals surface area contributed by atoms with Crippen LogP contribution in [0.4, 0.5) is 5.95 Å². The van der Waals surface area contributed by atoms with Gasteiger partial charge in [0.05, 0.1) is 12.5 Å². The van der Waals surface area contributed by atoms with Crippen LogP contribution in [0.2, 0.25) is 0 Å². The number of anilines is 1. The summed E-state index contributed by atoms with van der Waals surface area (Å²) >= 11 is 0. The van der Waals surface area contributed by atoms with Gasteiger partial charge in [-0.2, -0.15) is 4.98 Å². The van der Waals surface area contributed by atoms with Crippen molar-refractivity contribution in [2.24, 2.45) is 0 Å². The molecule has 0 aliphatic heterocycles. The van der Waals surface area contributed by atoms with E-state index in [2.05, 4.69) is 25.0 Å². The summed E-state index contributed by atoms with van der Waals surface area (Å²) in [6.07, 6.45) is 2.69. The van der Waals surface area contributed by atoms with Gasteiger partial charge in [-0.05, 0) is 42.5 Å². The number of esters is 1. The second kappa shape index (κ2) is 9.77. The van der Waals surface area contributed by atoms with Gasteiger partial charge in [-0.3, -0.25) is 19.4 Å². The normalized spacial score (nSPS) is 11.8. The largest absolute Gasteiger partial charge is 0.480 e. The zero-order chi connectivity index (χ0) is 23.3. The van der Waals surface area contributed by atoms with Crippen molar-refractivity contribution in [3.63, 3.8) is 0 Å². The summed E-state index contributed by atoms with van der Waals surface area (Å²) < 4.78 is 4.49. The number of nitrogens with two attached hydrogens (primary N) is 1. The smallest absolute Gasteiger partial charge is 0.326 e. The van der Waals surface area contributed by atoms with Gasteiger partial charge in [0.15, 0.2) is 0 Å². The lowest BCUT2D eigenvalue weighted by atomic mass is 10.0. The Hall–Kier alpha value is -4.15. The quantitative estimate of drug-likeness (QED) is 0.302. The summed E-state index contributed by atoms with van der Waals surface area (Å²) in [5, 5.41) is 12.1. The number of aliphatic carboxylic acids is 1. The Morgan fingerprint density at radius 1 is 1.22 bits per heavy atom. The summed E-state index contributed by atoms with van der Waals surface area (Å²) in [5.41, 5.74) is 7.68. The lowest BCUT2D eigenvalue weighted by Gasteiger charge is -2.14. The van der Waals surface area contributed by atoms with Crippen LogP contribution >= 0.6 is 0 Å². The van der Waals surface area contributed by atoms with E-state index in [1.807, 2.05) is 0 Å². The third kappa shape index (κ3) is 5.31. The molecule has 3 rings (SSSR count). The van der Waals surface area contributed by atoms with Gasteiger partial charge in [0.25, 0.3) is 11.5 Å². The van der Waals surface area contributed by atoms with E-state index >= 15 is 0 Å². The number of H-pyrrole nitrogens is 2. The number of aromatic nitrogens is 3. The Morgan fingerprint density at radius 3 is 2.59 bits per heavy atom. The van der Waals surface area contributed by atoms with E-state index in [1.54, 1.807) is 30.5 Å². The molecule has 32 heavy (non-hydrogen) atoms. The van der Waals surface area contributed by atoms with Crippen molar-refractivity contribution in [2.45, 2.75) is 31.7 Å². The van der Waals surface area contributed by atoms with E-state index in [-0.39, 0.29) is 24.3 Å². The fourth-order valence-corrected chi connectivity index (χ4v) is 3.28. The average Bonchev–Trinajstić information content (AvgIpc) is 3.17. The van der Waals surface area contributed by atoms with E-state index < -0.39 is 23.9 Å². The molecule has 0 spiro atoms. The van der Waals surface area contributed by atoms with Crippen LogP contribution in [0.25, 0.3) is 11.0 Å². The molecule has 2 aromatic heterocycles. The number of aromatic amines is 2. The number of rotatable bonds is 9. The summed E-state index contributed by atoms with van der Waals surface area (Å²) in [5.74, 6) is -2.30. The molecule has 11 heteroatoms. The molecule has 2 heterocycles. The van der Waals surface area contributed by atoms with Crippen LogP contribution in [0.15, 0.2) is 35.3 Å². The van der Waals surface area contributed by atoms with Crippen LogP contribution < -0.4 is 16.6 Å². The van der Waals surface area contributed by atoms with Gasteiger partial charge < -0.3 is 25.9 Å². The SMILES string of the molecule is COC(=O)CCC(NC(=O)c1ccc(CCc2c[nH]c3nc(N)[nH]c(=O)c23)cc1)C(=O)O. The van der Waals surface area contributed by atoms with E-state index in [0.29, 0.717) is 29.4 Å². The number of carboxylic acids is 1. The maximum absolute atomic E-state index is 12.4. The number of carbonyl (C=O) groups is 3. The minimum absolute atomic E-state index is 0.0419. The third-order valence-corrected chi connectivity index (χ3v) is 5.01. The first-order chi connectivity index (χ1) is 15.3. The second-order valence-corrected chi connectivity index (χ2v) is 7.16. The third-order valence-electron chi connectivity index (χ3n) is 5.01. The number of hydrogen-bond donors (Lipinski definition) is 5. The number of aryl methyl sites for hydroxylation is 2. The maximum Gasteiger partial charge on any atom is 0.326 e. The minimum atomic E-state index is -1.23. The zero-order valence-corrected chi connectivity index (χ0v) is 17.3. The highest BCUT2D eigenvalue weighted by atomic mass is 16.5. The number of hydrogen-bond acceptors (Lipinski definition) is 7. The molecule has 0 aliphatic carbocycles. The second-order valence-electron chi connectivity index (χ2n) is 7.16. The van der Waals surface area contributed by atoms with Gasteiger partial charge in [-0.25, -0.2) is 4.79 Å². The van der Waals surface area contributed by atoms with Gasteiger partial charge in [-0.1, -0.05) is 12.1 Å². The van der Waals surface area contributed by atoms with Gasteiger partial charge in [-0.15, -0.1) is 0 Å². The van der Waals surface area contributed by atoms with E-state index in [9.17, 15) is 24.3 Å². The first-order valence-corrected chi connectivity index (χ1v) is 9.83. The van der Waals surface area contributed by atoms with Crippen molar-refractivity contribution < 1.29 is 24.2 Å². The molecule has 0 radical (unpaired) electrons. The highest BCUT2D eigenvalue weighted by molar-refractivity contribution is 5.96. The molecule has 11 nitrogen and oxygen atoms in total. The standard InChI is InChI=1S/C21H23N5O6/c1-32-15(27)9-8-14(20(30)31)24-18(28)12-5-2-11(3-6-12)4-7-13-10-23-17-16(13)19(29)26-21(22)25-17/h2-3,5-6,10,14H,4,7-9H2,1H3,(H,24,28)(H,30,31)(H4,22,23,25,26,29). The molecule has 1 amide bonds. The maximum atomic E-state index is 12.4. The summed E-state index contributed by atoms with van der Waals surface area (Å²) in [4.78, 5) is 56.6. The first kappa shape index (κ1) is 22.5. The van der Waals surface area contributed by atoms with Crippen LogP contribution in [0.3, 0.4) is 0 Å². The highest BCUT2D eigenvalue weighted by Crippen LogP contribution is 2.16. The molecular formula is C21H23N5O6. The molecular weight excluding hydrogens is 418 g/mol. The highest BCUT2D eigenvalue weighted by Gasteiger charge is 2.22. The number of ether oxygens (including phenoxy) is 1. The van der Waals surface area contributed by atoms with Crippen LogP contribution in [0.5, 0.6) is 0 Å². The molecule has 1 unspecified atom stereocenters. The molecule has 6 N–H and O–H groups in total. The fraction of sp³-hybridized carbons (Fsp3) is 0.286. The van der Waals surface area contributed by atoms with E-state index in [4.69, 9.17) is 5.73 Å². The average molecular weight is 441 g/mol. The van der Waals surface area contributed by atoms with Crippen molar-refractivity contribution >= 4 is 34.8 Å². The van der Waals surface area contributed by atoms with E-state index in [0.717, 1.165) is 11.1 Å². The molecule has 0 saturated heterocycles. The predicted octanol–water partition coefficient (Wildman–Crippen LogP) is 0.755. The number of nitrogens with one attached hydrogen (secondary N) is 3. The Labute approximate surface area is 182 Å². The summed E-state index contributed by atoms with van der Waals surface area (Å²) in [6, 6.07) is 5.49. The number of benzene rings is 1. The van der Waals surface area contributed by atoms with Crippen molar-refractivity contribution in [1.82, 2.24) is 20.3 Å². The number of carboxylic acid groups (broad SMARTS) is 1. The van der Waals surface area contributed by atoms with Crippen LogP contribution in [-0.4, -0.2) is 51.1 Å². The molecule has 0 bridgehead atoms. The summed E-state index contributed by atoms with van der Waals surface area (Å²) in [7, 11) is 1.21. The minimum Gasteiger partial charge on any atom is -0.480 e.